The standard InChI is InChI=1S/C23H21F2N3O4S2/c1-2-33(29,30)27-18-9-5-7-16(13-18)22-15-23(20-11-3-4-12-21(20)25)28(26-22)34(31,32)19-10-6-8-17(24)14-19/h3-14,23,27H,2,15H2,1H3/t23-/m1/s1. The lowest BCUT2D eigenvalue weighted by Gasteiger charge is -2.23. The Balaban J connectivity index is 1.79. The largest absolute Gasteiger partial charge is 0.284 e. The van der Waals surface area contributed by atoms with Crippen LogP contribution < -0.4 is 4.72 Å². The summed E-state index contributed by atoms with van der Waals surface area (Å²) in [6.45, 7) is 1.50. The van der Waals surface area contributed by atoms with E-state index in [1.165, 1.54) is 43.3 Å². The molecule has 0 spiro atoms. The van der Waals surface area contributed by atoms with Crippen molar-refractivity contribution in [2.45, 2.75) is 24.3 Å². The summed E-state index contributed by atoms with van der Waals surface area (Å²) in [5.41, 5.74) is 1.18. The van der Waals surface area contributed by atoms with E-state index in [4.69, 9.17) is 0 Å². The van der Waals surface area contributed by atoms with Crippen molar-refractivity contribution in [1.29, 1.82) is 0 Å². The molecule has 1 aliphatic rings. The normalized spacial score (nSPS) is 16.4. The van der Waals surface area contributed by atoms with Crippen LogP contribution in [0.25, 0.3) is 0 Å². The molecule has 0 bridgehead atoms. The molecule has 4 rings (SSSR count). The van der Waals surface area contributed by atoms with Gasteiger partial charge in [0.2, 0.25) is 10.0 Å². The van der Waals surface area contributed by atoms with Crippen molar-refractivity contribution in [2.75, 3.05) is 10.5 Å². The van der Waals surface area contributed by atoms with Gasteiger partial charge in [-0.2, -0.15) is 17.9 Å². The molecular weight excluding hydrogens is 484 g/mol. The van der Waals surface area contributed by atoms with Gasteiger partial charge in [-0.15, -0.1) is 0 Å². The van der Waals surface area contributed by atoms with Gasteiger partial charge in [0.05, 0.1) is 22.4 Å². The molecule has 0 fully saturated rings. The van der Waals surface area contributed by atoms with Gasteiger partial charge in [-0.1, -0.05) is 36.4 Å². The Morgan fingerprint density at radius 2 is 1.71 bits per heavy atom. The quantitative estimate of drug-likeness (QED) is 0.519. The summed E-state index contributed by atoms with van der Waals surface area (Å²) >= 11 is 0. The first-order valence-corrected chi connectivity index (χ1v) is 13.4. The van der Waals surface area contributed by atoms with Gasteiger partial charge in [0.1, 0.15) is 11.6 Å². The van der Waals surface area contributed by atoms with Crippen LogP contribution in [-0.2, 0) is 20.0 Å². The van der Waals surface area contributed by atoms with Crippen molar-refractivity contribution in [3.05, 3.63) is 95.6 Å². The van der Waals surface area contributed by atoms with E-state index >= 15 is 0 Å². The molecule has 0 radical (unpaired) electrons. The van der Waals surface area contributed by atoms with Crippen LogP contribution in [0.15, 0.2) is 82.8 Å². The molecule has 11 heteroatoms. The third kappa shape index (κ3) is 4.80. The van der Waals surface area contributed by atoms with Crippen molar-refractivity contribution in [2.24, 2.45) is 5.10 Å². The fourth-order valence-electron chi connectivity index (χ4n) is 3.61. The number of benzene rings is 3. The van der Waals surface area contributed by atoms with E-state index in [1.807, 2.05) is 0 Å². The van der Waals surface area contributed by atoms with Crippen LogP contribution in [0.1, 0.15) is 30.5 Å². The maximum Gasteiger partial charge on any atom is 0.279 e. The van der Waals surface area contributed by atoms with Crippen molar-refractivity contribution in [3.8, 4) is 0 Å². The van der Waals surface area contributed by atoms with E-state index in [9.17, 15) is 25.6 Å². The molecule has 1 atom stereocenters. The zero-order chi connectivity index (χ0) is 24.5. The Morgan fingerprint density at radius 3 is 2.41 bits per heavy atom. The first-order chi connectivity index (χ1) is 16.1. The van der Waals surface area contributed by atoms with Crippen LogP contribution in [-0.4, -0.2) is 32.7 Å². The van der Waals surface area contributed by atoms with Gasteiger partial charge in [-0.05, 0) is 48.9 Å². The first kappa shape index (κ1) is 23.8. The lowest BCUT2D eigenvalue weighted by Crippen LogP contribution is -2.28. The molecule has 178 valence electrons. The highest BCUT2D eigenvalue weighted by Gasteiger charge is 2.39. The predicted molar refractivity (Wildman–Crippen MR) is 125 cm³/mol. The Morgan fingerprint density at radius 1 is 0.971 bits per heavy atom. The highest BCUT2D eigenvalue weighted by atomic mass is 32.2. The van der Waals surface area contributed by atoms with Crippen molar-refractivity contribution >= 4 is 31.4 Å². The molecule has 0 amide bonds. The van der Waals surface area contributed by atoms with Crippen LogP contribution in [0.3, 0.4) is 0 Å². The number of nitrogens with one attached hydrogen (secondary N) is 1. The number of hydrogen-bond donors (Lipinski definition) is 1. The molecular formula is C23H21F2N3O4S2. The highest BCUT2D eigenvalue weighted by molar-refractivity contribution is 7.92. The summed E-state index contributed by atoms with van der Waals surface area (Å²) < 4.78 is 82.4. The Kier molecular flexibility index (Phi) is 6.41. The third-order valence-corrected chi connectivity index (χ3v) is 8.31. The average Bonchev–Trinajstić information content (AvgIpc) is 3.25. The molecule has 1 N–H and O–H groups in total. The van der Waals surface area contributed by atoms with Gasteiger partial charge < -0.3 is 0 Å². The van der Waals surface area contributed by atoms with Crippen LogP contribution in [0.2, 0.25) is 0 Å². The SMILES string of the molecule is CCS(=O)(=O)Nc1cccc(C2=NN(S(=O)(=O)c3cccc(F)c3)[C@@H](c3ccccc3F)C2)c1. The molecule has 3 aromatic carbocycles. The zero-order valence-corrected chi connectivity index (χ0v) is 19.7. The highest BCUT2D eigenvalue weighted by Crippen LogP contribution is 2.38. The van der Waals surface area contributed by atoms with E-state index in [0.717, 1.165) is 16.5 Å². The fraction of sp³-hybridized carbons (Fsp3) is 0.174. The van der Waals surface area contributed by atoms with Crippen LogP contribution in [0, 0.1) is 11.6 Å². The number of rotatable bonds is 7. The minimum atomic E-state index is -4.33. The lowest BCUT2D eigenvalue weighted by molar-refractivity contribution is 0.362. The Labute approximate surface area is 196 Å². The second-order valence-corrected chi connectivity index (χ2v) is 11.4. The average molecular weight is 506 g/mol. The number of sulfonamides is 2. The zero-order valence-electron chi connectivity index (χ0n) is 18.0. The minimum absolute atomic E-state index is 0.0272. The molecule has 0 saturated carbocycles. The van der Waals surface area contributed by atoms with E-state index in [2.05, 4.69) is 9.82 Å². The molecule has 1 aliphatic heterocycles. The van der Waals surface area contributed by atoms with Gasteiger partial charge >= 0.3 is 0 Å². The van der Waals surface area contributed by atoms with Gasteiger partial charge in [-0.3, -0.25) is 4.72 Å². The third-order valence-electron chi connectivity index (χ3n) is 5.33. The maximum absolute atomic E-state index is 14.7. The van der Waals surface area contributed by atoms with Crippen LogP contribution in [0.5, 0.6) is 0 Å². The van der Waals surface area contributed by atoms with Gasteiger partial charge in [0, 0.05) is 17.7 Å². The van der Waals surface area contributed by atoms with Gasteiger partial charge in [-0.25, -0.2) is 17.2 Å². The monoisotopic (exact) mass is 505 g/mol. The molecule has 34 heavy (non-hydrogen) atoms. The number of hydrogen-bond acceptors (Lipinski definition) is 5. The summed E-state index contributed by atoms with van der Waals surface area (Å²) in [5.74, 6) is -1.46. The maximum atomic E-state index is 14.7. The lowest BCUT2D eigenvalue weighted by atomic mass is 9.98. The summed E-state index contributed by atoms with van der Waals surface area (Å²) in [7, 11) is -7.86. The smallest absolute Gasteiger partial charge is 0.279 e. The minimum Gasteiger partial charge on any atom is -0.284 e. The van der Waals surface area contributed by atoms with Crippen LogP contribution >= 0.6 is 0 Å². The number of halogens is 2. The summed E-state index contributed by atoms with van der Waals surface area (Å²) in [5, 5.41) is 4.29. The predicted octanol–water partition coefficient (Wildman–Crippen LogP) is 4.27. The summed E-state index contributed by atoms with van der Waals surface area (Å²) in [4.78, 5) is -0.316. The summed E-state index contributed by atoms with van der Waals surface area (Å²) in [6.07, 6.45) is 0.0272. The van der Waals surface area contributed by atoms with Crippen LogP contribution in [0.4, 0.5) is 14.5 Å². The molecule has 0 aliphatic carbocycles. The van der Waals surface area contributed by atoms with E-state index in [-0.39, 0.29) is 28.3 Å². The molecule has 7 nitrogen and oxygen atoms in total. The van der Waals surface area contributed by atoms with E-state index in [0.29, 0.717) is 11.3 Å². The summed E-state index contributed by atoms with van der Waals surface area (Å²) in [6, 6.07) is 15.6. The Hall–Kier alpha value is -3.31. The molecule has 0 aromatic heterocycles. The van der Waals surface area contributed by atoms with Gasteiger partial charge in [0.15, 0.2) is 0 Å². The molecule has 3 aromatic rings. The van der Waals surface area contributed by atoms with Gasteiger partial charge in [0.25, 0.3) is 10.0 Å². The van der Waals surface area contributed by atoms with Crippen molar-refractivity contribution in [1.82, 2.24) is 4.41 Å². The topological polar surface area (TPSA) is 95.9 Å². The molecule has 1 heterocycles. The molecule has 0 saturated heterocycles. The van der Waals surface area contributed by atoms with E-state index in [1.54, 1.807) is 24.3 Å². The number of anilines is 1. The first-order valence-electron chi connectivity index (χ1n) is 10.3. The Bertz CT molecular complexity index is 1470. The second-order valence-electron chi connectivity index (χ2n) is 7.61. The number of hydrazone groups is 1. The number of nitrogens with zero attached hydrogens (tertiary/aromatic N) is 2. The van der Waals surface area contributed by atoms with Crippen molar-refractivity contribution < 1.29 is 25.6 Å². The van der Waals surface area contributed by atoms with E-state index < -0.39 is 37.7 Å². The van der Waals surface area contributed by atoms with Crippen molar-refractivity contribution in [3.63, 3.8) is 0 Å². The molecule has 0 unspecified atom stereocenters. The second kappa shape index (κ2) is 9.15. The fourth-order valence-corrected chi connectivity index (χ4v) is 5.70.